The molecule has 0 spiro atoms. The molecule has 0 aromatic heterocycles. The SMILES string of the molecule is CNCCCCCCCCSCc1ccccc1. The molecule has 0 radical (unpaired) electrons. The number of thioether (sulfide) groups is 1. The van der Waals surface area contributed by atoms with E-state index in [0.29, 0.717) is 0 Å². The Labute approximate surface area is 117 Å². The molecule has 1 aromatic carbocycles. The molecule has 1 nitrogen and oxygen atoms in total. The van der Waals surface area contributed by atoms with Gasteiger partial charge in [0.05, 0.1) is 0 Å². The Kier molecular flexibility index (Phi) is 10.1. The van der Waals surface area contributed by atoms with Crippen LogP contribution < -0.4 is 5.32 Å². The summed E-state index contributed by atoms with van der Waals surface area (Å²) in [4.78, 5) is 0. The van der Waals surface area contributed by atoms with Crippen LogP contribution in [-0.2, 0) is 5.75 Å². The van der Waals surface area contributed by atoms with Crippen molar-refractivity contribution in [3.05, 3.63) is 35.9 Å². The quantitative estimate of drug-likeness (QED) is 0.592. The Balaban J connectivity index is 1.82. The van der Waals surface area contributed by atoms with Gasteiger partial charge in [0.15, 0.2) is 0 Å². The van der Waals surface area contributed by atoms with E-state index in [1.165, 1.54) is 62.1 Å². The smallest absolute Gasteiger partial charge is 0.0184 e. The van der Waals surface area contributed by atoms with E-state index in [1.807, 2.05) is 7.05 Å². The summed E-state index contributed by atoms with van der Waals surface area (Å²) in [5.41, 5.74) is 1.45. The van der Waals surface area contributed by atoms with E-state index in [2.05, 4.69) is 47.4 Å². The second-order valence-electron chi connectivity index (χ2n) is 4.76. The van der Waals surface area contributed by atoms with Crippen LogP contribution in [0.15, 0.2) is 30.3 Å². The van der Waals surface area contributed by atoms with E-state index in [1.54, 1.807) is 0 Å². The van der Waals surface area contributed by atoms with Gasteiger partial charge < -0.3 is 5.32 Å². The molecule has 0 aliphatic heterocycles. The highest BCUT2D eigenvalue weighted by molar-refractivity contribution is 7.98. The first kappa shape index (κ1) is 15.6. The van der Waals surface area contributed by atoms with Crippen molar-refractivity contribution in [1.29, 1.82) is 0 Å². The predicted octanol–water partition coefficient (Wildman–Crippen LogP) is 4.48. The van der Waals surface area contributed by atoms with E-state index < -0.39 is 0 Å². The fourth-order valence-electron chi connectivity index (χ4n) is 1.98. The van der Waals surface area contributed by atoms with Crippen LogP contribution >= 0.6 is 11.8 Å². The zero-order valence-corrected chi connectivity index (χ0v) is 12.5. The third-order valence-electron chi connectivity index (χ3n) is 3.08. The zero-order valence-electron chi connectivity index (χ0n) is 11.7. The molecule has 0 aliphatic carbocycles. The van der Waals surface area contributed by atoms with Crippen molar-refractivity contribution in [3.8, 4) is 0 Å². The second kappa shape index (κ2) is 11.6. The normalized spacial score (nSPS) is 10.7. The molecule has 0 bridgehead atoms. The maximum absolute atomic E-state index is 3.20. The Morgan fingerprint density at radius 3 is 2.28 bits per heavy atom. The van der Waals surface area contributed by atoms with E-state index in [9.17, 15) is 0 Å². The number of hydrogen-bond acceptors (Lipinski definition) is 2. The van der Waals surface area contributed by atoms with Gasteiger partial charge in [0.25, 0.3) is 0 Å². The average Bonchev–Trinajstić information content (AvgIpc) is 2.42. The number of nitrogens with one attached hydrogen (secondary N) is 1. The third-order valence-corrected chi connectivity index (χ3v) is 4.19. The van der Waals surface area contributed by atoms with Gasteiger partial charge in [0, 0.05) is 5.75 Å². The third kappa shape index (κ3) is 8.60. The Bertz CT molecular complexity index is 274. The second-order valence-corrected chi connectivity index (χ2v) is 5.87. The molecule has 0 amide bonds. The maximum Gasteiger partial charge on any atom is 0.0184 e. The maximum atomic E-state index is 3.20. The number of unbranched alkanes of at least 4 members (excludes halogenated alkanes) is 5. The molecule has 2 heteroatoms. The van der Waals surface area contributed by atoms with Gasteiger partial charge in [-0.15, -0.1) is 0 Å². The summed E-state index contributed by atoms with van der Waals surface area (Å²) in [7, 11) is 2.03. The molecule has 1 rings (SSSR count). The summed E-state index contributed by atoms with van der Waals surface area (Å²) in [5, 5.41) is 3.20. The molecule has 18 heavy (non-hydrogen) atoms. The van der Waals surface area contributed by atoms with E-state index in [-0.39, 0.29) is 0 Å². The Morgan fingerprint density at radius 1 is 0.889 bits per heavy atom. The minimum absolute atomic E-state index is 1.17. The lowest BCUT2D eigenvalue weighted by atomic mass is 10.1. The van der Waals surface area contributed by atoms with Gasteiger partial charge in [-0.25, -0.2) is 0 Å². The molecule has 0 atom stereocenters. The van der Waals surface area contributed by atoms with Crippen molar-refractivity contribution in [2.75, 3.05) is 19.3 Å². The van der Waals surface area contributed by atoms with Crippen molar-refractivity contribution in [3.63, 3.8) is 0 Å². The topological polar surface area (TPSA) is 12.0 Å². The van der Waals surface area contributed by atoms with Gasteiger partial charge in [-0.05, 0) is 37.8 Å². The molecule has 0 heterocycles. The molecular formula is C16H27NS. The zero-order chi connectivity index (χ0) is 12.9. The Hall–Kier alpha value is -0.470. The van der Waals surface area contributed by atoms with Gasteiger partial charge in [-0.1, -0.05) is 56.0 Å². The van der Waals surface area contributed by atoms with Gasteiger partial charge in [0.1, 0.15) is 0 Å². The molecule has 1 N–H and O–H groups in total. The monoisotopic (exact) mass is 265 g/mol. The summed E-state index contributed by atoms with van der Waals surface area (Å²) in [6, 6.07) is 10.8. The fourth-order valence-corrected chi connectivity index (χ4v) is 2.96. The molecule has 0 fully saturated rings. The fraction of sp³-hybridized carbons (Fsp3) is 0.625. The number of benzene rings is 1. The van der Waals surface area contributed by atoms with Crippen LogP contribution in [0.3, 0.4) is 0 Å². The first-order chi connectivity index (χ1) is 8.93. The first-order valence-electron chi connectivity index (χ1n) is 7.20. The van der Waals surface area contributed by atoms with Crippen LogP contribution in [0.4, 0.5) is 0 Å². The van der Waals surface area contributed by atoms with Crippen molar-refractivity contribution < 1.29 is 0 Å². The average molecular weight is 265 g/mol. The van der Waals surface area contributed by atoms with Crippen LogP contribution in [0, 0.1) is 0 Å². The molecule has 0 aliphatic rings. The number of hydrogen-bond donors (Lipinski definition) is 1. The van der Waals surface area contributed by atoms with Gasteiger partial charge in [-0.3, -0.25) is 0 Å². The summed E-state index contributed by atoms with van der Waals surface area (Å²) in [6.07, 6.45) is 8.32. The number of rotatable bonds is 11. The highest BCUT2D eigenvalue weighted by Gasteiger charge is 1.94. The van der Waals surface area contributed by atoms with Crippen molar-refractivity contribution in [1.82, 2.24) is 5.32 Å². The first-order valence-corrected chi connectivity index (χ1v) is 8.35. The summed E-state index contributed by atoms with van der Waals surface area (Å²) in [5.74, 6) is 2.48. The lowest BCUT2D eigenvalue weighted by Gasteiger charge is -2.03. The lowest BCUT2D eigenvalue weighted by Crippen LogP contribution is -2.06. The molecule has 0 saturated heterocycles. The molecule has 0 unspecified atom stereocenters. The highest BCUT2D eigenvalue weighted by Crippen LogP contribution is 2.14. The van der Waals surface area contributed by atoms with Gasteiger partial charge >= 0.3 is 0 Å². The Morgan fingerprint density at radius 2 is 1.56 bits per heavy atom. The van der Waals surface area contributed by atoms with Crippen LogP contribution in [-0.4, -0.2) is 19.3 Å². The minimum atomic E-state index is 1.17. The lowest BCUT2D eigenvalue weighted by molar-refractivity contribution is 0.594. The van der Waals surface area contributed by atoms with Gasteiger partial charge in [-0.2, -0.15) is 11.8 Å². The van der Waals surface area contributed by atoms with Crippen LogP contribution in [0.1, 0.15) is 44.1 Å². The van der Waals surface area contributed by atoms with Gasteiger partial charge in [0.2, 0.25) is 0 Å². The molecule has 0 saturated carbocycles. The largest absolute Gasteiger partial charge is 0.320 e. The van der Waals surface area contributed by atoms with Crippen molar-refractivity contribution in [2.24, 2.45) is 0 Å². The van der Waals surface area contributed by atoms with Crippen LogP contribution in [0.2, 0.25) is 0 Å². The summed E-state index contributed by atoms with van der Waals surface area (Å²) < 4.78 is 0. The van der Waals surface area contributed by atoms with E-state index in [0.717, 1.165) is 0 Å². The molecule has 102 valence electrons. The van der Waals surface area contributed by atoms with Crippen molar-refractivity contribution >= 4 is 11.8 Å². The van der Waals surface area contributed by atoms with Crippen molar-refractivity contribution in [2.45, 2.75) is 44.3 Å². The summed E-state index contributed by atoms with van der Waals surface area (Å²) >= 11 is 2.07. The highest BCUT2D eigenvalue weighted by atomic mass is 32.2. The molecule has 1 aromatic rings. The predicted molar refractivity (Wildman–Crippen MR) is 84.2 cm³/mol. The standard InChI is InChI=1S/C16H27NS/c1-17-13-9-4-2-3-5-10-14-18-15-16-11-7-6-8-12-16/h6-8,11-12,17H,2-5,9-10,13-15H2,1H3. The molecular weight excluding hydrogens is 238 g/mol. The summed E-state index contributed by atoms with van der Waals surface area (Å²) in [6.45, 7) is 1.17. The van der Waals surface area contributed by atoms with E-state index in [4.69, 9.17) is 0 Å². The minimum Gasteiger partial charge on any atom is -0.320 e. The van der Waals surface area contributed by atoms with Crippen LogP contribution in [0.5, 0.6) is 0 Å². The van der Waals surface area contributed by atoms with Crippen LogP contribution in [0.25, 0.3) is 0 Å². The van der Waals surface area contributed by atoms with E-state index >= 15 is 0 Å².